The molecule has 1 rings (SSSR count). The summed E-state index contributed by atoms with van der Waals surface area (Å²) in [6.45, 7) is 14.3. The fourth-order valence-corrected chi connectivity index (χ4v) is 3.04. The van der Waals surface area contributed by atoms with Crippen molar-refractivity contribution in [3.8, 4) is 0 Å². The molecule has 21 heavy (non-hydrogen) atoms. The maximum atomic E-state index is 12.4. The SMILES string of the molecule is CC(C)CC(CC(C)C)OCC(=O)N1[C@H](C)COC[C@@H]1C. The van der Waals surface area contributed by atoms with Crippen LogP contribution in [0.4, 0.5) is 0 Å². The van der Waals surface area contributed by atoms with Crippen molar-refractivity contribution in [1.82, 2.24) is 4.90 Å². The maximum Gasteiger partial charge on any atom is 0.249 e. The molecular weight excluding hydrogens is 266 g/mol. The normalized spacial score (nSPS) is 23.4. The van der Waals surface area contributed by atoms with Gasteiger partial charge >= 0.3 is 0 Å². The first-order valence-corrected chi connectivity index (χ1v) is 8.31. The molecule has 0 aromatic heterocycles. The van der Waals surface area contributed by atoms with Crippen LogP contribution in [-0.4, -0.2) is 48.8 Å². The number of rotatable bonds is 7. The van der Waals surface area contributed by atoms with Crippen molar-refractivity contribution in [1.29, 1.82) is 0 Å². The quantitative estimate of drug-likeness (QED) is 0.725. The van der Waals surface area contributed by atoms with E-state index in [-0.39, 0.29) is 30.7 Å². The average Bonchev–Trinajstić information content (AvgIpc) is 2.34. The molecule has 0 aromatic carbocycles. The van der Waals surface area contributed by atoms with Gasteiger partial charge in [-0.2, -0.15) is 0 Å². The lowest BCUT2D eigenvalue weighted by molar-refractivity contribution is -0.151. The monoisotopic (exact) mass is 299 g/mol. The van der Waals surface area contributed by atoms with Gasteiger partial charge in [0.15, 0.2) is 0 Å². The Hall–Kier alpha value is -0.610. The lowest BCUT2D eigenvalue weighted by Crippen LogP contribution is -2.53. The van der Waals surface area contributed by atoms with Crippen LogP contribution in [0.5, 0.6) is 0 Å². The van der Waals surface area contributed by atoms with Gasteiger partial charge in [-0.25, -0.2) is 0 Å². The number of hydrogen-bond donors (Lipinski definition) is 0. The summed E-state index contributed by atoms with van der Waals surface area (Å²) in [4.78, 5) is 14.4. The van der Waals surface area contributed by atoms with E-state index in [0.717, 1.165) is 12.8 Å². The van der Waals surface area contributed by atoms with Crippen molar-refractivity contribution < 1.29 is 14.3 Å². The zero-order chi connectivity index (χ0) is 16.0. The highest BCUT2D eigenvalue weighted by Gasteiger charge is 2.30. The minimum atomic E-state index is 0.0933. The summed E-state index contributed by atoms with van der Waals surface area (Å²) in [7, 11) is 0. The van der Waals surface area contributed by atoms with Gasteiger partial charge in [-0.3, -0.25) is 4.79 Å². The van der Waals surface area contributed by atoms with Crippen LogP contribution >= 0.6 is 0 Å². The third-order valence-electron chi connectivity index (χ3n) is 3.87. The van der Waals surface area contributed by atoms with Crippen molar-refractivity contribution in [3.05, 3.63) is 0 Å². The Kier molecular flexibility index (Phi) is 7.67. The van der Waals surface area contributed by atoms with Crippen LogP contribution in [0.1, 0.15) is 54.4 Å². The standard InChI is InChI=1S/C17H33NO3/c1-12(2)7-16(8-13(3)4)21-11-17(19)18-14(5)9-20-10-15(18)6/h12-16H,7-11H2,1-6H3/t14-,15+. The topological polar surface area (TPSA) is 38.8 Å². The number of hydrogen-bond acceptors (Lipinski definition) is 3. The Bertz CT molecular complexity index is 297. The predicted molar refractivity (Wildman–Crippen MR) is 85.2 cm³/mol. The first-order valence-electron chi connectivity index (χ1n) is 8.31. The Morgan fingerprint density at radius 2 is 1.57 bits per heavy atom. The van der Waals surface area contributed by atoms with Gasteiger partial charge in [-0.15, -0.1) is 0 Å². The number of ether oxygens (including phenoxy) is 2. The average molecular weight is 299 g/mol. The van der Waals surface area contributed by atoms with Crippen LogP contribution in [-0.2, 0) is 14.3 Å². The van der Waals surface area contributed by atoms with E-state index in [0.29, 0.717) is 25.0 Å². The summed E-state index contributed by atoms with van der Waals surface area (Å²) in [5.74, 6) is 1.27. The second kappa shape index (κ2) is 8.74. The van der Waals surface area contributed by atoms with Crippen LogP contribution in [0.2, 0.25) is 0 Å². The molecule has 0 aliphatic carbocycles. The fraction of sp³-hybridized carbons (Fsp3) is 0.941. The lowest BCUT2D eigenvalue weighted by atomic mass is 9.98. The molecule has 0 bridgehead atoms. The van der Waals surface area contributed by atoms with E-state index in [2.05, 4.69) is 27.7 Å². The van der Waals surface area contributed by atoms with E-state index in [1.54, 1.807) is 0 Å². The lowest BCUT2D eigenvalue weighted by Gasteiger charge is -2.39. The molecule has 0 spiro atoms. The fourth-order valence-electron chi connectivity index (χ4n) is 3.04. The Morgan fingerprint density at radius 1 is 1.10 bits per heavy atom. The van der Waals surface area contributed by atoms with Crippen molar-refractivity contribution >= 4 is 5.91 Å². The van der Waals surface area contributed by atoms with Gasteiger partial charge in [-0.1, -0.05) is 27.7 Å². The molecule has 124 valence electrons. The molecular formula is C17H33NO3. The third-order valence-corrected chi connectivity index (χ3v) is 3.87. The van der Waals surface area contributed by atoms with Gasteiger partial charge in [0.25, 0.3) is 0 Å². The van der Waals surface area contributed by atoms with Crippen LogP contribution in [0.3, 0.4) is 0 Å². The van der Waals surface area contributed by atoms with Crippen LogP contribution in [0, 0.1) is 11.8 Å². The van der Waals surface area contributed by atoms with Crippen molar-refractivity contribution in [3.63, 3.8) is 0 Å². The highest BCUT2D eigenvalue weighted by atomic mass is 16.5. The molecule has 0 radical (unpaired) electrons. The van der Waals surface area contributed by atoms with Crippen LogP contribution in [0.25, 0.3) is 0 Å². The van der Waals surface area contributed by atoms with Gasteiger partial charge < -0.3 is 14.4 Å². The molecule has 0 unspecified atom stereocenters. The second-order valence-corrected chi connectivity index (χ2v) is 7.23. The Morgan fingerprint density at radius 3 is 2.00 bits per heavy atom. The third kappa shape index (κ3) is 6.35. The maximum absolute atomic E-state index is 12.4. The largest absolute Gasteiger partial charge is 0.377 e. The van der Waals surface area contributed by atoms with E-state index in [1.807, 2.05) is 18.7 Å². The number of amides is 1. The smallest absolute Gasteiger partial charge is 0.249 e. The zero-order valence-electron chi connectivity index (χ0n) is 14.6. The van der Waals surface area contributed by atoms with E-state index >= 15 is 0 Å². The Balaban J connectivity index is 2.51. The summed E-state index contributed by atoms with van der Waals surface area (Å²) in [5, 5.41) is 0. The first kappa shape index (κ1) is 18.4. The minimum absolute atomic E-state index is 0.0933. The number of carbonyl (C=O) groups excluding carboxylic acids is 1. The summed E-state index contributed by atoms with van der Waals surface area (Å²) >= 11 is 0. The molecule has 4 heteroatoms. The van der Waals surface area contributed by atoms with Gasteiger partial charge in [-0.05, 0) is 38.5 Å². The summed E-state index contributed by atoms with van der Waals surface area (Å²) in [5.41, 5.74) is 0. The van der Waals surface area contributed by atoms with E-state index in [4.69, 9.17) is 9.47 Å². The first-order chi connectivity index (χ1) is 9.81. The summed E-state index contributed by atoms with van der Waals surface area (Å²) < 4.78 is 11.4. The van der Waals surface area contributed by atoms with Crippen molar-refractivity contribution in [2.24, 2.45) is 11.8 Å². The molecule has 1 heterocycles. The van der Waals surface area contributed by atoms with Gasteiger partial charge in [0.2, 0.25) is 5.91 Å². The van der Waals surface area contributed by atoms with Gasteiger partial charge in [0.1, 0.15) is 6.61 Å². The summed E-state index contributed by atoms with van der Waals surface area (Å²) in [6, 6.07) is 0.275. The molecule has 1 aliphatic rings. The second-order valence-electron chi connectivity index (χ2n) is 7.23. The molecule has 0 N–H and O–H groups in total. The zero-order valence-corrected chi connectivity index (χ0v) is 14.6. The highest BCUT2D eigenvalue weighted by Crippen LogP contribution is 2.18. The Labute approximate surface area is 130 Å². The van der Waals surface area contributed by atoms with E-state index < -0.39 is 0 Å². The van der Waals surface area contributed by atoms with Crippen molar-refractivity contribution in [2.45, 2.75) is 72.6 Å². The number of nitrogens with zero attached hydrogens (tertiary/aromatic N) is 1. The van der Waals surface area contributed by atoms with Crippen molar-refractivity contribution in [2.75, 3.05) is 19.8 Å². The van der Waals surface area contributed by atoms with E-state index in [9.17, 15) is 4.79 Å². The number of morpholine rings is 1. The molecule has 1 saturated heterocycles. The molecule has 4 nitrogen and oxygen atoms in total. The number of carbonyl (C=O) groups is 1. The summed E-state index contributed by atoms with van der Waals surface area (Å²) in [6.07, 6.45) is 2.21. The highest BCUT2D eigenvalue weighted by molar-refractivity contribution is 5.78. The molecule has 0 saturated carbocycles. The van der Waals surface area contributed by atoms with Crippen LogP contribution < -0.4 is 0 Å². The molecule has 0 aromatic rings. The molecule has 1 aliphatic heterocycles. The molecule has 1 fully saturated rings. The predicted octanol–water partition coefficient (Wildman–Crippen LogP) is 3.10. The molecule has 1 amide bonds. The minimum Gasteiger partial charge on any atom is -0.377 e. The molecule has 2 atom stereocenters. The van der Waals surface area contributed by atoms with Gasteiger partial charge in [0.05, 0.1) is 31.4 Å². The van der Waals surface area contributed by atoms with Gasteiger partial charge in [0, 0.05) is 0 Å². The van der Waals surface area contributed by atoms with Crippen LogP contribution in [0.15, 0.2) is 0 Å². The van der Waals surface area contributed by atoms with E-state index in [1.165, 1.54) is 0 Å².